The van der Waals surface area contributed by atoms with Crippen LogP contribution in [0, 0.1) is 12.3 Å². The lowest BCUT2D eigenvalue weighted by atomic mass is 9.86. The molecule has 0 atom stereocenters. The Balaban J connectivity index is 1.78. The van der Waals surface area contributed by atoms with Gasteiger partial charge in [-0.05, 0) is 64.8 Å². The lowest BCUT2D eigenvalue weighted by Gasteiger charge is -2.20. The molecule has 0 radical (unpaired) electrons. The van der Waals surface area contributed by atoms with E-state index in [0.29, 0.717) is 16.8 Å². The van der Waals surface area contributed by atoms with E-state index >= 15 is 0 Å². The van der Waals surface area contributed by atoms with E-state index in [-0.39, 0.29) is 11.1 Å². The van der Waals surface area contributed by atoms with Crippen LogP contribution in [0.25, 0.3) is 44.0 Å². The Labute approximate surface area is 178 Å². The lowest BCUT2D eigenvalue weighted by molar-refractivity contribution is 0.410. The number of furan rings is 1. The summed E-state index contributed by atoms with van der Waals surface area (Å²) >= 11 is 0. The fraction of sp³-hybridized carbons (Fsp3) is 0.222. The van der Waals surface area contributed by atoms with E-state index < -0.39 is 18.6 Å². The summed E-state index contributed by atoms with van der Waals surface area (Å²) in [6, 6.07) is 19.6. The van der Waals surface area contributed by atoms with Gasteiger partial charge in [0.25, 0.3) is 0 Å². The molecule has 5 rings (SSSR count). The topological polar surface area (TPSA) is 26.0 Å². The highest BCUT2D eigenvalue weighted by molar-refractivity contribution is 6.13. The molecule has 0 aliphatic heterocycles. The summed E-state index contributed by atoms with van der Waals surface area (Å²) in [7, 11) is 0. The van der Waals surface area contributed by atoms with Gasteiger partial charge in [0.1, 0.15) is 11.2 Å². The zero-order valence-corrected chi connectivity index (χ0v) is 16.7. The number of hydrogen-bond acceptors (Lipinski definition) is 2. The lowest BCUT2D eigenvalue weighted by Crippen LogP contribution is -2.10. The Morgan fingerprint density at radius 2 is 1.76 bits per heavy atom. The molecular formula is C27H25NO. The minimum absolute atomic E-state index is 0.0702. The summed E-state index contributed by atoms with van der Waals surface area (Å²) in [6.07, 6.45) is -0.606. The Kier molecular flexibility index (Phi) is 2.93. The number of fused-ring (bicyclic) bond motifs is 4. The van der Waals surface area contributed by atoms with Gasteiger partial charge in [0.2, 0.25) is 0 Å². The highest BCUT2D eigenvalue weighted by atomic mass is 16.3. The van der Waals surface area contributed by atoms with Crippen LogP contribution in [0.15, 0.2) is 71.3 Å². The van der Waals surface area contributed by atoms with Crippen LogP contribution in [-0.4, -0.2) is 4.98 Å². The predicted molar refractivity (Wildman–Crippen MR) is 122 cm³/mol. The zero-order chi connectivity index (χ0) is 24.5. The van der Waals surface area contributed by atoms with Crippen LogP contribution in [0.3, 0.4) is 0 Å². The van der Waals surface area contributed by atoms with Crippen LogP contribution >= 0.6 is 0 Å². The van der Waals surface area contributed by atoms with Crippen molar-refractivity contribution >= 4 is 32.7 Å². The second-order valence-corrected chi connectivity index (χ2v) is 8.47. The molecule has 0 spiro atoms. The molecule has 5 aromatic rings. The van der Waals surface area contributed by atoms with Crippen LogP contribution in [0.1, 0.15) is 38.8 Å². The normalized spacial score (nSPS) is 15.8. The monoisotopic (exact) mass is 384 g/mol. The van der Waals surface area contributed by atoms with Gasteiger partial charge < -0.3 is 4.42 Å². The van der Waals surface area contributed by atoms with Crippen LogP contribution < -0.4 is 0 Å². The number of aromatic nitrogens is 1. The summed E-state index contributed by atoms with van der Waals surface area (Å²) in [5.74, 6) is 0. The molecule has 0 bridgehead atoms. The third-order valence-corrected chi connectivity index (χ3v) is 5.05. The summed E-state index contributed by atoms with van der Waals surface area (Å²) in [6.45, 7) is 2.81. The molecule has 0 aliphatic rings. The van der Waals surface area contributed by atoms with Gasteiger partial charge in [-0.1, -0.05) is 57.2 Å². The van der Waals surface area contributed by atoms with Gasteiger partial charge in [-0.15, -0.1) is 0 Å². The largest absolute Gasteiger partial charge is 0.455 e. The summed E-state index contributed by atoms with van der Waals surface area (Å²) < 4.78 is 47.8. The van der Waals surface area contributed by atoms with E-state index in [9.17, 15) is 0 Å². The molecule has 29 heavy (non-hydrogen) atoms. The standard InChI is InChI=1S/C27H25NO/c1-17-16-28-24(13-20(17)15-27(2,3)4)22-11-7-10-21-23-12-18-8-5-6-9-19(18)14-25(23)29-26(21)22/h5-14,16H,15H2,1-4H3/i1D3,15D2. The molecule has 2 nitrogen and oxygen atoms in total. The molecule has 0 fully saturated rings. The highest BCUT2D eigenvalue weighted by Crippen LogP contribution is 2.37. The van der Waals surface area contributed by atoms with Gasteiger partial charge in [-0.2, -0.15) is 0 Å². The van der Waals surface area contributed by atoms with Crippen molar-refractivity contribution in [1.82, 2.24) is 4.98 Å². The first-order chi connectivity index (χ1) is 15.9. The Morgan fingerprint density at radius 1 is 0.966 bits per heavy atom. The van der Waals surface area contributed by atoms with Gasteiger partial charge >= 0.3 is 0 Å². The van der Waals surface area contributed by atoms with Crippen molar-refractivity contribution in [2.75, 3.05) is 0 Å². The van der Waals surface area contributed by atoms with Crippen molar-refractivity contribution in [3.8, 4) is 11.3 Å². The molecule has 2 aromatic heterocycles. The van der Waals surface area contributed by atoms with Crippen molar-refractivity contribution < 1.29 is 11.3 Å². The smallest absolute Gasteiger partial charge is 0.144 e. The second kappa shape index (κ2) is 6.45. The summed E-state index contributed by atoms with van der Waals surface area (Å²) in [4.78, 5) is 4.46. The van der Waals surface area contributed by atoms with E-state index in [0.717, 1.165) is 27.1 Å². The number of para-hydroxylation sites is 1. The van der Waals surface area contributed by atoms with Crippen molar-refractivity contribution in [1.29, 1.82) is 0 Å². The maximum Gasteiger partial charge on any atom is 0.144 e. The summed E-state index contributed by atoms with van der Waals surface area (Å²) in [5, 5.41) is 4.11. The third kappa shape index (κ3) is 3.19. The predicted octanol–water partition coefficient (Wildman–Crippen LogP) is 7.70. The molecule has 2 heterocycles. The quantitative estimate of drug-likeness (QED) is 0.312. The Bertz CT molecular complexity index is 1560. The third-order valence-electron chi connectivity index (χ3n) is 5.05. The van der Waals surface area contributed by atoms with Crippen molar-refractivity contribution in [3.63, 3.8) is 0 Å². The average Bonchev–Trinajstić information content (AvgIpc) is 3.13. The maximum absolute atomic E-state index is 8.80. The van der Waals surface area contributed by atoms with E-state index in [2.05, 4.69) is 17.1 Å². The maximum atomic E-state index is 8.80. The Morgan fingerprint density at radius 3 is 2.52 bits per heavy atom. The fourth-order valence-electron chi connectivity index (χ4n) is 3.80. The first-order valence-electron chi connectivity index (χ1n) is 12.2. The number of hydrogen-bond donors (Lipinski definition) is 0. The molecule has 0 N–H and O–H groups in total. The van der Waals surface area contributed by atoms with E-state index in [4.69, 9.17) is 11.3 Å². The van der Waals surface area contributed by atoms with Crippen LogP contribution in [0.2, 0.25) is 0 Å². The van der Waals surface area contributed by atoms with E-state index in [1.165, 1.54) is 6.20 Å². The molecule has 144 valence electrons. The summed E-state index contributed by atoms with van der Waals surface area (Å²) in [5.41, 5.74) is 1.81. The second-order valence-electron chi connectivity index (χ2n) is 8.47. The molecule has 0 saturated carbocycles. The van der Waals surface area contributed by atoms with Gasteiger partial charge in [0, 0.05) is 29.4 Å². The Hall–Kier alpha value is -3.13. The molecule has 0 aliphatic carbocycles. The number of pyridine rings is 1. The molecule has 0 unspecified atom stereocenters. The average molecular weight is 385 g/mol. The molecule has 2 heteroatoms. The minimum atomic E-state index is -2.48. The number of nitrogens with zero attached hydrogens (tertiary/aromatic N) is 1. The van der Waals surface area contributed by atoms with Crippen LogP contribution in [-0.2, 0) is 6.37 Å². The van der Waals surface area contributed by atoms with Crippen molar-refractivity contribution in [2.24, 2.45) is 5.41 Å². The fourth-order valence-corrected chi connectivity index (χ4v) is 3.80. The SMILES string of the molecule is [2H]C([2H])([2H])c1cnc(-c2cccc3c2oc2cc4ccccc4cc23)cc1C([2H])([2H])C(C)(C)C. The van der Waals surface area contributed by atoms with Gasteiger partial charge in [0.15, 0.2) is 0 Å². The molecular weight excluding hydrogens is 354 g/mol. The molecule has 3 aromatic carbocycles. The van der Waals surface area contributed by atoms with Gasteiger partial charge in [-0.3, -0.25) is 4.98 Å². The molecule has 0 amide bonds. The zero-order valence-electron chi connectivity index (χ0n) is 21.7. The first-order valence-corrected chi connectivity index (χ1v) is 9.73. The van der Waals surface area contributed by atoms with Crippen molar-refractivity contribution in [2.45, 2.75) is 34.0 Å². The van der Waals surface area contributed by atoms with Crippen LogP contribution in [0.5, 0.6) is 0 Å². The number of rotatable bonds is 2. The first kappa shape index (κ1) is 13.2. The minimum Gasteiger partial charge on any atom is -0.455 e. The van der Waals surface area contributed by atoms with Crippen molar-refractivity contribution in [3.05, 3.63) is 78.0 Å². The van der Waals surface area contributed by atoms with Gasteiger partial charge in [-0.25, -0.2) is 0 Å². The number of benzene rings is 3. The van der Waals surface area contributed by atoms with E-state index in [1.807, 2.05) is 42.5 Å². The number of aryl methyl sites for hydroxylation is 1. The van der Waals surface area contributed by atoms with E-state index in [1.54, 1.807) is 26.8 Å². The highest BCUT2D eigenvalue weighted by Gasteiger charge is 2.17. The van der Waals surface area contributed by atoms with Gasteiger partial charge in [0.05, 0.1) is 5.69 Å². The van der Waals surface area contributed by atoms with Crippen LogP contribution in [0.4, 0.5) is 0 Å². The molecule has 0 saturated heterocycles.